The van der Waals surface area contributed by atoms with Gasteiger partial charge in [-0.15, -0.1) is 11.3 Å². The lowest BCUT2D eigenvalue weighted by Gasteiger charge is -2.02. The molecule has 1 heterocycles. The van der Waals surface area contributed by atoms with Crippen molar-refractivity contribution < 1.29 is 18.0 Å². The molecule has 2 aromatic rings. The smallest absolute Gasteiger partial charge is 0.169 e. The molecule has 0 atom stereocenters. The highest BCUT2D eigenvalue weighted by Crippen LogP contribution is 2.32. The lowest BCUT2D eigenvalue weighted by molar-refractivity contribution is 0.102. The molecule has 0 amide bonds. The quantitative estimate of drug-likeness (QED) is 0.741. The molecule has 1 nitrogen and oxygen atoms in total. The fourth-order valence-electron chi connectivity index (χ4n) is 1.44. The second-order valence-corrected chi connectivity index (χ2v) is 4.55. The minimum atomic E-state index is -0.973. The Bertz CT molecular complexity index is 566. The molecule has 88 valence electrons. The topological polar surface area (TPSA) is 17.1 Å². The normalized spacial score (nSPS) is 10.6. The Balaban J connectivity index is 2.56. The maximum atomic E-state index is 13.4. The average molecular weight is 256 g/mol. The van der Waals surface area contributed by atoms with E-state index in [1.807, 2.05) is 0 Å². The monoisotopic (exact) mass is 256 g/mol. The van der Waals surface area contributed by atoms with Gasteiger partial charge >= 0.3 is 0 Å². The van der Waals surface area contributed by atoms with Crippen LogP contribution in [0.3, 0.4) is 0 Å². The first kappa shape index (κ1) is 11.9. The van der Waals surface area contributed by atoms with Crippen LogP contribution in [0.25, 0.3) is 10.4 Å². The van der Waals surface area contributed by atoms with Crippen molar-refractivity contribution in [3.05, 3.63) is 46.6 Å². The van der Waals surface area contributed by atoms with Crippen LogP contribution >= 0.6 is 11.3 Å². The molecule has 0 fully saturated rings. The summed E-state index contributed by atoms with van der Waals surface area (Å²) in [7, 11) is 0. The molecular formula is C12H7F3OS. The molecule has 0 radical (unpaired) electrons. The predicted octanol–water partition coefficient (Wildman–Crippen LogP) is 4.04. The van der Waals surface area contributed by atoms with E-state index in [2.05, 4.69) is 0 Å². The number of hydrogen-bond donors (Lipinski definition) is 0. The SMILES string of the molecule is CC(=O)c1ccc(-c2c(F)cc(F)cc2F)s1. The van der Waals surface area contributed by atoms with Crippen LogP contribution in [0.2, 0.25) is 0 Å². The molecule has 0 aliphatic carbocycles. The first-order chi connectivity index (χ1) is 7.99. The highest BCUT2D eigenvalue weighted by Gasteiger charge is 2.16. The number of ketones is 1. The van der Waals surface area contributed by atoms with E-state index in [4.69, 9.17) is 0 Å². The summed E-state index contributed by atoms with van der Waals surface area (Å²) in [6, 6.07) is 4.17. The van der Waals surface area contributed by atoms with Crippen molar-refractivity contribution in [3.8, 4) is 10.4 Å². The Hall–Kier alpha value is -1.62. The van der Waals surface area contributed by atoms with Gasteiger partial charge in [0.05, 0.1) is 10.4 Å². The lowest BCUT2D eigenvalue weighted by Crippen LogP contribution is -1.90. The number of halogens is 3. The molecule has 0 bridgehead atoms. The van der Waals surface area contributed by atoms with E-state index in [0.717, 1.165) is 11.3 Å². The maximum Gasteiger partial charge on any atom is 0.169 e. The van der Waals surface area contributed by atoms with Crippen LogP contribution in [-0.2, 0) is 0 Å². The number of carbonyl (C=O) groups excluding carboxylic acids is 1. The Morgan fingerprint density at radius 3 is 2.18 bits per heavy atom. The van der Waals surface area contributed by atoms with Gasteiger partial charge in [0.25, 0.3) is 0 Å². The molecular weight excluding hydrogens is 249 g/mol. The van der Waals surface area contributed by atoms with Crippen LogP contribution in [0.4, 0.5) is 13.2 Å². The Morgan fingerprint density at radius 1 is 1.12 bits per heavy atom. The third-order valence-electron chi connectivity index (χ3n) is 2.21. The fraction of sp³-hybridized carbons (Fsp3) is 0.0833. The molecule has 0 saturated carbocycles. The van der Waals surface area contributed by atoms with Crippen molar-refractivity contribution in [2.45, 2.75) is 6.92 Å². The van der Waals surface area contributed by atoms with Gasteiger partial charge in [-0.3, -0.25) is 4.79 Å². The summed E-state index contributed by atoms with van der Waals surface area (Å²) in [5.41, 5.74) is -0.302. The van der Waals surface area contributed by atoms with E-state index < -0.39 is 17.5 Å². The lowest BCUT2D eigenvalue weighted by atomic mass is 10.1. The molecule has 1 aromatic heterocycles. The zero-order valence-corrected chi connectivity index (χ0v) is 9.58. The van der Waals surface area contributed by atoms with Crippen LogP contribution < -0.4 is 0 Å². The second kappa shape index (κ2) is 4.33. The van der Waals surface area contributed by atoms with Crippen molar-refractivity contribution in [3.63, 3.8) is 0 Å². The Labute approximate surface area is 99.5 Å². The number of hydrogen-bond acceptors (Lipinski definition) is 2. The largest absolute Gasteiger partial charge is 0.294 e. The van der Waals surface area contributed by atoms with Crippen LogP contribution in [0.15, 0.2) is 24.3 Å². The van der Waals surface area contributed by atoms with E-state index in [-0.39, 0.29) is 16.2 Å². The standard InChI is InChI=1S/C12H7F3OS/c1-6(16)10-2-3-11(17-10)12-8(14)4-7(13)5-9(12)15/h2-5H,1H3. The van der Waals surface area contributed by atoms with Crippen molar-refractivity contribution in [1.82, 2.24) is 0 Å². The minimum Gasteiger partial charge on any atom is -0.294 e. The van der Waals surface area contributed by atoms with Gasteiger partial charge in [0.1, 0.15) is 17.5 Å². The summed E-state index contributed by atoms with van der Waals surface area (Å²) >= 11 is 0.976. The zero-order chi connectivity index (χ0) is 12.6. The van der Waals surface area contributed by atoms with E-state index in [1.54, 1.807) is 0 Å². The third kappa shape index (κ3) is 2.24. The van der Waals surface area contributed by atoms with Crippen LogP contribution in [0, 0.1) is 17.5 Å². The summed E-state index contributed by atoms with van der Waals surface area (Å²) in [5, 5.41) is 0. The average Bonchev–Trinajstić information content (AvgIpc) is 2.65. The van der Waals surface area contributed by atoms with E-state index in [0.29, 0.717) is 17.0 Å². The van der Waals surface area contributed by atoms with E-state index in [1.165, 1.54) is 19.1 Å². The van der Waals surface area contributed by atoms with Crippen molar-refractivity contribution in [2.75, 3.05) is 0 Å². The number of benzene rings is 1. The summed E-state index contributed by atoms with van der Waals surface area (Å²) in [5.74, 6) is -3.09. The molecule has 2 rings (SSSR count). The molecule has 17 heavy (non-hydrogen) atoms. The summed E-state index contributed by atoms with van der Waals surface area (Å²) in [4.78, 5) is 11.8. The molecule has 0 spiro atoms. The zero-order valence-electron chi connectivity index (χ0n) is 8.76. The Kier molecular flexibility index (Phi) is 3.02. The molecule has 0 unspecified atom stereocenters. The number of Topliss-reactive ketones (excluding diaryl/α,β-unsaturated/α-hetero) is 1. The number of thiophene rings is 1. The van der Waals surface area contributed by atoms with Gasteiger partial charge in [0, 0.05) is 17.0 Å². The molecule has 0 aliphatic heterocycles. The first-order valence-electron chi connectivity index (χ1n) is 4.74. The molecule has 5 heteroatoms. The van der Waals surface area contributed by atoms with Gasteiger partial charge < -0.3 is 0 Å². The van der Waals surface area contributed by atoms with Crippen LogP contribution in [0.1, 0.15) is 16.6 Å². The van der Waals surface area contributed by atoms with Gasteiger partial charge in [-0.25, -0.2) is 13.2 Å². The molecule has 1 aromatic carbocycles. The second-order valence-electron chi connectivity index (χ2n) is 3.46. The summed E-state index contributed by atoms with van der Waals surface area (Å²) in [6.07, 6.45) is 0. The van der Waals surface area contributed by atoms with Gasteiger partial charge in [-0.05, 0) is 19.1 Å². The van der Waals surface area contributed by atoms with E-state index >= 15 is 0 Å². The van der Waals surface area contributed by atoms with Crippen LogP contribution in [0.5, 0.6) is 0 Å². The highest BCUT2D eigenvalue weighted by atomic mass is 32.1. The van der Waals surface area contributed by atoms with Crippen LogP contribution in [-0.4, -0.2) is 5.78 Å². The van der Waals surface area contributed by atoms with Crippen molar-refractivity contribution in [1.29, 1.82) is 0 Å². The highest BCUT2D eigenvalue weighted by molar-refractivity contribution is 7.17. The van der Waals surface area contributed by atoms with Gasteiger partial charge in [0.2, 0.25) is 0 Å². The first-order valence-corrected chi connectivity index (χ1v) is 5.56. The molecule has 0 N–H and O–H groups in total. The summed E-state index contributed by atoms with van der Waals surface area (Å²) < 4.78 is 39.6. The van der Waals surface area contributed by atoms with Gasteiger partial charge in [-0.1, -0.05) is 0 Å². The predicted molar refractivity (Wildman–Crippen MR) is 59.6 cm³/mol. The number of carbonyl (C=O) groups is 1. The van der Waals surface area contributed by atoms with Gasteiger partial charge in [-0.2, -0.15) is 0 Å². The minimum absolute atomic E-state index is 0.177. The number of rotatable bonds is 2. The fourth-order valence-corrected chi connectivity index (χ4v) is 2.39. The van der Waals surface area contributed by atoms with Crippen molar-refractivity contribution in [2.24, 2.45) is 0 Å². The van der Waals surface area contributed by atoms with E-state index in [9.17, 15) is 18.0 Å². The van der Waals surface area contributed by atoms with Crippen molar-refractivity contribution >= 4 is 17.1 Å². The summed E-state index contributed by atoms with van der Waals surface area (Å²) in [6.45, 7) is 1.37. The third-order valence-corrected chi connectivity index (χ3v) is 3.41. The molecule has 0 aliphatic rings. The Morgan fingerprint density at radius 2 is 1.71 bits per heavy atom. The maximum absolute atomic E-state index is 13.4. The molecule has 0 saturated heterocycles. The van der Waals surface area contributed by atoms with Gasteiger partial charge in [0.15, 0.2) is 5.78 Å².